The number of fused-ring (bicyclic) bond motifs is 6. The highest BCUT2D eigenvalue weighted by Gasteiger charge is 2.20. The Balaban J connectivity index is 1.16. The van der Waals surface area contributed by atoms with Crippen LogP contribution in [0.3, 0.4) is 0 Å². The lowest BCUT2D eigenvalue weighted by Gasteiger charge is -2.11. The van der Waals surface area contributed by atoms with Crippen molar-refractivity contribution in [2.75, 3.05) is 0 Å². The average molecular weight is 642 g/mol. The van der Waals surface area contributed by atoms with Crippen molar-refractivity contribution >= 4 is 43.9 Å². The zero-order valence-corrected chi connectivity index (χ0v) is 26.7. The van der Waals surface area contributed by atoms with Crippen molar-refractivity contribution in [3.63, 3.8) is 0 Å². The van der Waals surface area contributed by atoms with Crippen LogP contribution in [0, 0.1) is 0 Å². The standard InChI is InChI=1S/C45H27N3O2/c1-2-11-28(12-3-1)31-13-8-14-32(27-31)29-23-25-30(26-24-29)43-46-44(35-17-9-21-39-41(35)33-15-4-6-19-37(33)49-39)48-45(47-43)36-18-10-22-40-42(36)34-16-5-7-20-38(34)50-40/h1-27H. The van der Waals surface area contributed by atoms with Crippen LogP contribution < -0.4 is 0 Å². The van der Waals surface area contributed by atoms with Gasteiger partial charge in [0.05, 0.1) is 0 Å². The number of hydrogen-bond acceptors (Lipinski definition) is 5. The molecule has 50 heavy (non-hydrogen) atoms. The molecule has 7 aromatic carbocycles. The van der Waals surface area contributed by atoms with Gasteiger partial charge < -0.3 is 8.83 Å². The van der Waals surface area contributed by atoms with Crippen LogP contribution in [0.1, 0.15) is 0 Å². The van der Waals surface area contributed by atoms with Gasteiger partial charge in [0, 0.05) is 38.2 Å². The first-order valence-electron chi connectivity index (χ1n) is 16.6. The predicted octanol–water partition coefficient (Wildman–Crippen LogP) is 12.0. The molecule has 0 unspecified atom stereocenters. The lowest BCUT2D eigenvalue weighted by molar-refractivity contribution is 0.668. The summed E-state index contributed by atoms with van der Waals surface area (Å²) in [5.74, 6) is 1.74. The molecule has 3 heterocycles. The predicted molar refractivity (Wildman–Crippen MR) is 202 cm³/mol. The molecule has 0 amide bonds. The van der Waals surface area contributed by atoms with Gasteiger partial charge in [-0.1, -0.05) is 133 Å². The van der Waals surface area contributed by atoms with Crippen molar-refractivity contribution in [3.8, 4) is 56.4 Å². The summed E-state index contributed by atoms with van der Waals surface area (Å²) < 4.78 is 12.5. The number of aromatic nitrogens is 3. The fourth-order valence-corrected chi connectivity index (χ4v) is 6.99. The molecule has 0 saturated carbocycles. The Morgan fingerprint density at radius 2 is 0.720 bits per heavy atom. The van der Waals surface area contributed by atoms with E-state index < -0.39 is 0 Å². The molecule has 0 bridgehead atoms. The van der Waals surface area contributed by atoms with E-state index in [4.69, 9.17) is 23.8 Å². The van der Waals surface area contributed by atoms with Gasteiger partial charge in [0.2, 0.25) is 0 Å². The van der Waals surface area contributed by atoms with E-state index in [9.17, 15) is 0 Å². The molecule has 10 rings (SSSR count). The van der Waals surface area contributed by atoms with Crippen molar-refractivity contribution in [1.82, 2.24) is 15.0 Å². The SMILES string of the molecule is c1ccc(-c2cccc(-c3ccc(-c4nc(-c5cccc6oc7ccccc7c56)nc(-c5cccc6oc7ccccc7c56)n4)cc3)c2)cc1. The third kappa shape index (κ3) is 4.67. The molecule has 0 aliphatic heterocycles. The first kappa shape index (κ1) is 28.2. The maximum Gasteiger partial charge on any atom is 0.164 e. The molecule has 0 N–H and O–H groups in total. The molecule has 0 spiro atoms. The Morgan fingerprint density at radius 1 is 0.300 bits per heavy atom. The zero-order valence-electron chi connectivity index (χ0n) is 26.7. The second-order valence-corrected chi connectivity index (χ2v) is 12.4. The van der Waals surface area contributed by atoms with Gasteiger partial charge in [-0.05, 0) is 52.6 Å². The normalized spacial score (nSPS) is 11.6. The number of hydrogen-bond donors (Lipinski definition) is 0. The second-order valence-electron chi connectivity index (χ2n) is 12.4. The molecule has 0 aliphatic carbocycles. The van der Waals surface area contributed by atoms with Gasteiger partial charge in [-0.25, -0.2) is 15.0 Å². The summed E-state index contributed by atoms with van der Waals surface area (Å²) in [7, 11) is 0. The Kier molecular flexibility index (Phi) is 6.42. The van der Waals surface area contributed by atoms with Gasteiger partial charge in [-0.3, -0.25) is 0 Å². The van der Waals surface area contributed by atoms with Crippen LogP contribution in [0.5, 0.6) is 0 Å². The fourth-order valence-electron chi connectivity index (χ4n) is 6.99. The smallest absolute Gasteiger partial charge is 0.164 e. The molecular weight excluding hydrogens is 615 g/mol. The van der Waals surface area contributed by atoms with Gasteiger partial charge in [0.25, 0.3) is 0 Å². The first-order valence-corrected chi connectivity index (χ1v) is 16.6. The van der Waals surface area contributed by atoms with Gasteiger partial charge in [0.15, 0.2) is 17.5 Å². The van der Waals surface area contributed by atoms with Crippen molar-refractivity contribution in [1.29, 1.82) is 0 Å². The van der Waals surface area contributed by atoms with Crippen molar-refractivity contribution < 1.29 is 8.83 Å². The summed E-state index contributed by atoms with van der Waals surface area (Å²) in [6.07, 6.45) is 0. The topological polar surface area (TPSA) is 65.0 Å². The van der Waals surface area contributed by atoms with Gasteiger partial charge in [-0.2, -0.15) is 0 Å². The molecule has 10 aromatic rings. The number of furan rings is 2. The minimum absolute atomic E-state index is 0.576. The average Bonchev–Trinajstić information content (AvgIpc) is 3.77. The van der Waals surface area contributed by atoms with Crippen LogP contribution in [0.25, 0.3) is 100 Å². The summed E-state index contributed by atoms with van der Waals surface area (Å²) in [6.45, 7) is 0. The quantitative estimate of drug-likeness (QED) is 0.187. The monoisotopic (exact) mass is 641 g/mol. The van der Waals surface area contributed by atoms with Crippen molar-refractivity contribution in [2.45, 2.75) is 0 Å². The maximum absolute atomic E-state index is 6.25. The van der Waals surface area contributed by atoms with Gasteiger partial charge >= 0.3 is 0 Å². The van der Waals surface area contributed by atoms with Crippen LogP contribution >= 0.6 is 0 Å². The minimum atomic E-state index is 0.576. The highest BCUT2D eigenvalue weighted by molar-refractivity contribution is 6.13. The van der Waals surface area contributed by atoms with E-state index in [2.05, 4.69) is 97.1 Å². The van der Waals surface area contributed by atoms with Crippen molar-refractivity contribution in [2.24, 2.45) is 0 Å². The summed E-state index contributed by atoms with van der Waals surface area (Å²) in [5.41, 5.74) is 10.5. The van der Waals surface area contributed by atoms with Crippen LogP contribution in [-0.2, 0) is 0 Å². The van der Waals surface area contributed by atoms with Crippen LogP contribution in [0.2, 0.25) is 0 Å². The molecular formula is C45H27N3O2. The molecule has 3 aromatic heterocycles. The largest absolute Gasteiger partial charge is 0.456 e. The van der Waals surface area contributed by atoms with E-state index in [-0.39, 0.29) is 0 Å². The third-order valence-electron chi connectivity index (χ3n) is 9.37. The van der Waals surface area contributed by atoms with Crippen LogP contribution in [0.15, 0.2) is 173 Å². The molecule has 5 heteroatoms. The Hall–Kier alpha value is -6.85. The van der Waals surface area contributed by atoms with E-state index in [0.717, 1.165) is 71.7 Å². The lowest BCUT2D eigenvalue weighted by Crippen LogP contribution is -2.00. The summed E-state index contributed by atoms with van der Waals surface area (Å²) in [6, 6.07) is 55.8. The van der Waals surface area contributed by atoms with Crippen LogP contribution in [0.4, 0.5) is 0 Å². The molecule has 0 radical (unpaired) electrons. The fraction of sp³-hybridized carbons (Fsp3) is 0. The lowest BCUT2D eigenvalue weighted by atomic mass is 9.98. The van der Waals surface area contributed by atoms with E-state index in [1.165, 1.54) is 11.1 Å². The molecule has 5 nitrogen and oxygen atoms in total. The highest BCUT2D eigenvalue weighted by Crippen LogP contribution is 2.39. The summed E-state index contributed by atoms with van der Waals surface area (Å²) in [4.78, 5) is 15.4. The van der Waals surface area contributed by atoms with Crippen LogP contribution in [-0.4, -0.2) is 15.0 Å². The third-order valence-corrected chi connectivity index (χ3v) is 9.37. The minimum Gasteiger partial charge on any atom is -0.456 e. The summed E-state index contributed by atoms with van der Waals surface area (Å²) in [5, 5.41) is 4.00. The molecule has 0 aliphatic rings. The van der Waals surface area contributed by atoms with Gasteiger partial charge in [-0.15, -0.1) is 0 Å². The number of nitrogens with zero attached hydrogens (tertiary/aromatic N) is 3. The van der Waals surface area contributed by atoms with Gasteiger partial charge in [0.1, 0.15) is 22.3 Å². The Labute approximate surface area is 287 Å². The first-order chi connectivity index (χ1) is 24.8. The molecule has 0 atom stereocenters. The number of benzene rings is 7. The van der Waals surface area contributed by atoms with E-state index in [1.54, 1.807) is 0 Å². The molecule has 234 valence electrons. The van der Waals surface area contributed by atoms with E-state index in [0.29, 0.717) is 17.5 Å². The zero-order chi connectivity index (χ0) is 33.0. The van der Waals surface area contributed by atoms with E-state index in [1.807, 2.05) is 66.7 Å². The molecule has 0 saturated heterocycles. The highest BCUT2D eigenvalue weighted by atomic mass is 16.3. The Bertz CT molecular complexity index is 2740. The number of rotatable bonds is 5. The maximum atomic E-state index is 6.25. The Morgan fingerprint density at radius 3 is 1.30 bits per heavy atom. The molecule has 0 fully saturated rings. The number of para-hydroxylation sites is 2. The van der Waals surface area contributed by atoms with E-state index >= 15 is 0 Å². The van der Waals surface area contributed by atoms with Crippen molar-refractivity contribution in [3.05, 3.63) is 164 Å². The summed E-state index contributed by atoms with van der Waals surface area (Å²) >= 11 is 0. The second kappa shape index (κ2) is 11.4.